The Morgan fingerprint density at radius 2 is 1.71 bits per heavy atom. The number of nitrogens with two attached hydrogens (primary N) is 1. The molecule has 4 amide bonds. The third-order valence-electron chi connectivity index (χ3n) is 6.19. The Morgan fingerprint density at radius 1 is 1.03 bits per heavy atom. The molecule has 8 nitrogen and oxygen atoms in total. The Balaban J connectivity index is 1.89. The van der Waals surface area contributed by atoms with Crippen LogP contribution in [0.2, 0.25) is 0 Å². The molecule has 1 aliphatic heterocycles. The van der Waals surface area contributed by atoms with E-state index in [1.807, 2.05) is 0 Å². The molecule has 0 aromatic heterocycles. The van der Waals surface area contributed by atoms with Crippen LogP contribution in [0.4, 0.5) is 10.5 Å². The number of anilines is 1. The number of methoxy groups -OCH3 is 1. The quantitative estimate of drug-likeness (QED) is 0.260. The second kappa shape index (κ2) is 15.3. The molecule has 2 rings (SSSR count). The first-order valence-electron chi connectivity index (χ1n) is 12.8. The van der Waals surface area contributed by atoms with E-state index >= 15 is 0 Å². The van der Waals surface area contributed by atoms with Gasteiger partial charge in [-0.3, -0.25) is 9.59 Å². The van der Waals surface area contributed by atoms with E-state index in [2.05, 4.69) is 12.2 Å². The molecular formula is C26H42N4O4. The number of hydrogen-bond donors (Lipinski definition) is 2. The number of nitrogens with one attached hydrogen (secondary N) is 1. The van der Waals surface area contributed by atoms with Crippen molar-refractivity contribution in [3.8, 4) is 5.75 Å². The van der Waals surface area contributed by atoms with Gasteiger partial charge < -0.3 is 20.7 Å². The minimum absolute atomic E-state index is 0.00584. The van der Waals surface area contributed by atoms with Gasteiger partial charge in [-0.15, -0.1) is 0 Å². The molecule has 1 fully saturated rings. The van der Waals surface area contributed by atoms with Gasteiger partial charge in [0.15, 0.2) is 0 Å². The van der Waals surface area contributed by atoms with Crippen LogP contribution in [0.1, 0.15) is 77.6 Å². The Labute approximate surface area is 204 Å². The summed E-state index contributed by atoms with van der Waals surface area (Å²) in [5, 5.41) is 3.10. The first kappa shape index (κ1) is 27.6. The highest BCUT2D eigenvalue weighted by Crippen LogP contribution is 2.24. The maximum Gasteiger partial charge on any atom is 0.331 e. The van der Waals surface area contributed by atoms with Crippen LogP contribution >= 0.6 is 0 Å². The fourth-order valence-electron chi connectivity index (χ4n) is 4.23. The lowest BCUT2D eigenvalue weighted by Gasteiger charge is -2.24. The van der Waals surface area contributed by atoms with Crippen molar-refractivity contribution in [3.63, 3.8) is 0 Å². The second-order valence-electron chi connectivity index (χ2n) is 9.01. The van der Waals surface area contributed by atoms with Gasteiger partial charge in [-0.2, -0.15) is 0 Å². The van der Waals surface area contributed by atoms with Crippen molar-refractivity contribution < 1.29 is 19.1 Å². The van der Waals surface area contributed by atoms with Crippen LogP contribution in [0.3, 0.4) is 0 Å². The summed E-state index contributed by atoms with van der Waals surface area (Å²) >= 11 is 0. The van der Waals surface area contributed by atoms with Crippen molar-refractivity contribution in [1.82, 2.24) is 10.2 Å². The number of urea groups is 1. The van der Waals surface area contributed by atoms with Gasteiger partial charge in [0.2, 0.25) is 5.91 Å². The zero-order valence-electron chi connectivity index (χ0n) is 20.9. The molecule has 1 heterocycles. The van der Waals surface area contributed by atoms with Crippen LogP contribution in [0.25, 0.3) is 0 Å². The maximum absolute atomic E-state index is 13.0. The van der Waals surface area contributed by atoms with Gasteiger partial charge in [-0.25, -0.2) is 9.69 Å². The molecule has 0 unspecified atom stereocenters. The lowest BCUT2D eigenvalue weighted by atomic mass is 10.1. The van der Waals surface area contributed by atoms with E-state index in [9.17, 15) is 14.4 Å². The molecule has 34 heavy (non-hydrogen) atoms. The monoisotopic (exact) mass is 474 g/mol. The molecule has 0 saturated carbocycles. The van der Waals surface area contributed by atoms with Gasteiger partial charge >= 0.3 is 6.03 Å². The van der Waals surface area contributed by atoms with Gasteiger partial charge in [-0.1, -0.05) is 51.9 Å². The molecule has 1 aromatic carbocycles. The number of carbonyl (C=O) groups is 3. The highest BCUT2D eigenvalue weighted by molar-refractivity contribution is 6.19. The third kappa shape index (κ3) is 8.97. The number of benzene rings is 1. The van der Waals surface area contributed by atoms with E-state index in [-0.39, 0.29) is 30.4 Å². The van der Waals surface area contributed by atoms with E-state index in [0.29, 0.717) is 30.9 Å². The molecule has 3 N–H and O–H groups in total. The van der Waals surface area contributed by atoms with Crippen LogP contribution in [0, 0.1) is 0 Å². The standard InChI is InChI=1S/C26H42N4O4/c1-3-4-5-6-7-8-9-13-24(31)28-21(12-10-11-18-27)19-29-20-25(32)30(26(29)33)22-14-16-23(34-2)17-15-22/h14-17,21H,3-13,18-20,27H2,1-2H3,(H,28,31)/t21-/m0/s1. The number of hydrogen-bond acceptors (Lipinski definition) is 5. The number of unbranched alkanes of at least 4 members (excludes halogenated alkanes) is 7. The smallest absolute Gasteiger partial charge is 0.331 e. The third-order valence-corrected chi connectivity index (χ3v) is 6.19. The van der Waals surface area contributed by atoms with Gasteiger partial charge in [0, 0.05) is 19.0 Å². The molecular weight excluding hydrogens is 432 g/mol. The SMILES string of the molecule is CCCCCCCCCC(=O)N[C@@H](CCCCN)CN1CC(=O)N(c2ccc(OC)cc2)C1=O. The van der Waals surface area contributed by atoms with Gasteiger partial charge in [0.05, 0.1) is 12.8 Å². The summed E-state index contributed by atoms with van der Waals surface area (Å²) in [5.74, 6) is 0.393. The average Bonchev–Trinajstić information content (AvgIpc) is 3.11. The predicted molar refractivity (Wildman–Crippen MR) is 135 cm³/mol. The summed E-state index contributed by atoms with van der Waals surface area (Å²) in [6.07, 6.45) is 11.0. The number of rotatable bonds is 17. The van der Waals surface area contributed by atoms with Crippen molar-refractivity contribution in [2.75, 3.05) is 31.6 Å². The summed E-state index contributed by atoms with van der Waals surface area (Å²) in [5.41, 5.74) is 6.15. The second-order valence-corrected chi connectivity index (χ2v) is 9.01. The lowest BCUT2D eigenvalue weighted by molar-refractivity contribution is -0.122. The highest BCUT2D eigenvalue weighted by atomic mass is 16.5. The zero-order valence-corrected chi connectivity index (χ0v) is 20.9. The number of nitrogens with zero attached hydrogens (tertiary/aromatic N) is 2. The van der Waals surface area contributed by atoms with Crippen molar-refractivity contribution in [3.05, 3.63) is 24.3 Å². The fourth-order valence-corrected chi connectivity index (χ4v) is 4.23. The summed E-state index contributed by atoms with van der Waals surface area (Å²) in [6.45, 7) is 3.11. The first-order chi connectivity index (χ1) is 16.5. The van der Waals surface area contributed by atoms with E-state index in [1.54, 1.807) is 31.4 Å². The molecule has 0 aliphatic carbocycles. The lowest BCUT2D eigenvalue weighted by Crippen LogP contribution is -2.45. The summed E-state index contributed by atoms with van der Waals surface area (Å²) in [4.78, 5) is 40.9. The van der Waals surface area contributed by atoms with E-state index in [1.165, 1.54) is 41.9 Å². The first-order valence-corrected chi connectivity index (χ1v) is 12.8. The normalized spacial score (nSPS) is 14.6. The maximum atomic E-state index is 13.0. The molecule has 0 spiro atoms. The van der Waals surface area contributed by atoms with Crippen molar-refractivity contribution in [1.29, 1.82) is 0 Å². The van der Waals surface area contributed by atoms with Gasteiger partial charge in [0.1, 0.15) is 12.3 Å². The Hall–Kier alpha value is -2.61. The number of amides is 4. The van der Waals surface area contributed by atoms with Crippen LogP contribution in [0.5, 0.6) is 5.75 Å². The molecule has 1 saturated heterocycles. The number of carbonyl (C=O) groups excluding carboxylic acids is 3. The summed E-state index contributed by atoms with van der Waals surface area (Å²) in [7, 11) is 1.57. The summed E-state index contributed by atoms with van der Waals surface area (Å²) in [6, 6.07) is 6.27. The van der Waals surface area contributed by atoms with Crippen molar-refractivity contribution in [2.24, 2.45) is 5.73 Å². The predicted octanol–water partition coefficient (Wildman–Crippen LogP) is 4.22. The molecule has 0 bridgehead atoms. The van der Waals surface area contributed by atoms with Crippen LogP contribution in [-0.4, -0.2) is 55.5 Å². The topological polar surface area (TPSA) is 105 Å². The van der Waals surface area contributed by atoms with E-state index in [4.69, 9.17) is 10.5 Å². The summed E-state index contributed by atoms with van der Waals surface area (Å²) < 4.78 is 5.15. The van der Waals surface area contributed by atoms with Crippen LogP contribution in [-0.2, 0) is 9.59 Å². The molecule has 190 valence electrons. The van der Waals surface area contributed by atoms with Gasteiger partial charge in [0.25, 0.3) is 5.91 Å². The Kier molecular flexibility index (Phi) is 12.5. The Bertz CT molecular complexity index is 769. The molecule has 1 atom stereocenters. The number of ether oxygens (including phenoxy) is 1. The van der Waals surface area contributed by atoms with Gasteiger partial charge in [-0.05, 0) is 50.1 Å². The molecule has 0 radical (unpaired) electrons. The highest BCUT2D eigenvalue weighted by Gasteiger charge is 2.38. The van der Waals surface area contributed by atoms with Crippen molar-refractivity contribution >= 4 is 23.5 Å². The minimum Gasteiger partial charge on any atom is -0.497 e. The van der Waals surface area contributed by atoms with Crippen molar-refractivity contribution in [2.45, 2.75) is 83.6 Å². The molecule has 1 aliphatic rings. The molecule has 1 aromatic rings. The Morgan fingerprint density at radius 3 is 2.35 bits per heavy atom. The van der Waals surface area contributed by atoms with Crippen LogP contribution in [0.15, 0.2) is 24.3 Å². The number of imide groups is 1. The van der Waals surface area contributed by atoms with E-state index < -0.39 is 0 Å². The zero-order chi connectivity index (χ0) is 24.8. The minimum atomic E-state index is -0.361. The largest absolute Gasteiger partial charge is 0.497 e. The molecule has 8 heteroatoms. The fraction of sp³-hybridized carbons (Fsp3) is 0.654. The van der Waals surface area contributed by atoms with E-state index in [0.717, 1.165) is 32.1 Å². The average molecular weight is 475 g/mol. The van der Waals surface area contributed by atoms with Crippen LogP contribution < -0.4 is 20.7 Å².